The second-order valence-electron chi connectivity index (χ2n) is 3.85. The Kier molecular flexibility index (Phi) is 4.15. The monoisotopic (exact) mass is 244 g/mol. The van der Waals surface area contributed by atoms with Gasteiger partial charge in [0.1, 0.15) is 6.61 Å². The minimum absolute atomic E-state index is 0.182. The van der Waals surface area contributed by atoms with Gasteiger partial charge >= 0.3 is 0 Å². The molecule has 1 atom stereocenters. The molecule has 0 amide bonds. The molecule has 0 spiro atoms. The summed E-state index contributed by atoms with van der Waals surface area (Å²) in [5.41, 5.74) is 7.04. The van der Waals surface area contributed by atoms with Crippen LogP contribution in [-0.2, 0) is 0 Å². The minimum Gasteiger partial charge on any atom is -0.493 e. The van der Waals surface area contributed by atoms with Crippen LogP contribution in [0.1, 0.15) is 11.6 Å². The highest BCUT2D eigenvalue weighted by atomic mass is 16.5. The van der Waals surface area contributed by atoms with Crippen LogP contribution in [0.25, 0.3) is 0 Å². The summed E-state index contributed by atoms with van der Waals surface area (Å²) in [5.74, 6) is 1.41. The molecule has 2 aromatic rings. The first-order valence-corrected chi connectivity index (χ1v) is 5.72. The van der Waals surface area contributed by atoms with Crippen molar-refractivity contribution in [3.63, 3.8) is 0 Å². The molecule has 0 fully saturated rings. The van der Waals surface area contributed by atoms with Gasteiger partial charge in [0.15, 0.2) is 11.5 Å². The third-order valence-corrected chi connectivity index (χ3v) is 2.62. The normalized spacial score (nSPS) is 11.9. The molecule has 0 aliphatic rings. The predicted octanol–water partition coefficient (Wildman–Crippen LogP) is 2.17. The second-order valence-corrected chi connectivity index (χ2v) is 3.85. The largest absolute Gasteiger partial charge is 0.493 e. The molecular weight excluding hydrogens is 228 g/mol. The highest BCUT2D eigenvalue weighted by Crippen LogP contribution is 2.26. The molecule has 0 radical (unpaired) electrons. The molecule has 0 aliphatic heterocycles. The van der Waals surface area contributed by atoms with Crippen LogP contribution < -0.4 is 15.2 Å². The summed E-state index contributed by atoms with van der Waals surface area (Å²) in [5, 5.41) is 0. The van der Waals surface area contributed by atoms with Crippen molar-refractivity contribution in [1.82, 2.24) is 4.98 Å². The van der Waals surface area contributed by atoms with Crippen LogP contribution >= 0.6 is 0 Å². The Morgan fingerprint density at radius 3 is 2.44 bits per heavy atom. The molecule has 18 heavy (non-hydrogen) atoms. The zero-order valence-corrected chi connectivity index (χ0v) is 10.2. The zero-order chi connectivity index (χ0) is 12.8. The number of rotatable bonds is 5. The molecule has 4 nitrogen and oxygen atoms in total. The van der Waals surface area contributed by atoms with Gasteiger partial charge in [0, 0.05) is 12.4 Å². The fourth-order valence-electron chi connectivity index (χ4n) is 1.62. The first-order valence-electron chi connectivity index (χ1n) is 5.72. The average Bonchev–Trinajstić information content (AvgIpc) is 2.46. The van der Waals surface area contributed by atoms with Gasteiger partial charge < -0.3 is 15.2 Å². The van der Waals surface area contributed by atoms with E-state index in [0.717, 1.165) is 5.56 Å². The van der Waals surface area contributed by atoms with E-state index in [0.29, 0.717) is 18.1 Å². The minimum atomic E-state index is -0.182. The lowest BCUT2D eigenvalue weighted by molar-refractivity contribution is 0.273. The first-order chi connectivity index (χ1) is 8.81. The topological polar surface area (TPSA) is 57.4 Å². The number of hydrogen-bond donors (Lipinski definition) is 1. The van der Waals surface area contributed by atoms with Crippen LogP contribution in [0.3, 0.4) is 0 Å². The third kappa shape index (κ3) is 2.99. The Labute approximate surface area is 106 Å². The maximum atomic E-state index is 6.04. The van der Waals surface area contributed by atoms with Gasteiger partial charge in [-0.15, -0.1) is 0 Å². The molecule has 0 saturated heterocycles. The summed E-state index contributed by atoms with van der Waals surface area (Å²) >= 11 is 0. The van der Waals surface area contributed by atoms with Gasteiger partial charge in [-0.3, -0.25) is 4.98 Å². The Morgan fingerprint density at radius 1 is 1.11 bits per heavy atom. The third-order valence-electron chi connectivity index (χ3n) is 2.62. The molecule has 0 bridgehead atoms. The molecule has 1 aromatic carbocycles. The number of ether oxygens (including phenoxy) is 2. The fraction of sp³-hybridized carbons (Fsp3) is 0.214. The number of benzene rings is 1. The van der Waals surface area contributed by atoms with Crippen LogP contribution in [0.2, 0.25) is 0 Å². The van der Waals surface area contributed by atoms with E-state index in [-0.39, 0.29) is 6.04 Å². The fourth-order valence-corrected chi connectivity index (χ4v) is 1.62. The lowest BCUT2D eigenvalue weighted by atomic mass is 10.1. The van der Waals surface area contributed by atoms with Crippen molar-refractivity contribution in [3.05, 3.63) is 54.4 Å². The van der Waals surface area contributed by atoms with E-state index in [1.807, 2.05) is 36.4 Å². The SMILES string of the molecule is COc1ccccc1OCC(N)c1ccncc1. The van der Waals surface area contributed by atoms with Gasteiger partial charge in [-0.1, -0.05) is 12.1 Å². The van der Waals surface area contributed by atoms with Crippen LogP contribution in [-0.4, -0.2) is 18.7 Å². The molecule has 1 unspecified atom stereocenters. The molecule has 94 valence electrons. The highest BCUT2D eigenvalue weighted by Gasteiger charge is 2.08. The van der Waals surface area contributed by atoms with Crippen molar-refractivity contribution >= 4 is 0 Å². The molecule has 0 aliphatic carbocycles. The van der Waals surface area contributed by atoms with Crippen molar-refractivity contribution in [2.75, 3.05) is 13.7 Å². The van der Waals surface area contributed by atoms with Crippen molar-refractivity contribution in [3.8, 4) is 11.5 Å². The molecular formula is C14H16N2O2. The molecule has 1 aromatic heterocycles. The van der Waals surface area contributed by atoms with E-state index in [2.05, 4.69) is 4.98 Å². The van der Waals surface area contributed by atoms with Gasteiger partial charge in [0.05, 0.1) is 13.2 Å². The second kappa shape index (κ2) is 6.02. The Balaban J connectivity index is 1.99. The predicted molar refractivity (Wildman–Crippen MR) is 69.7 cm³/mol. The number of para-hydroxylation sites is 2. The summed E-state index contributed by atoms with van der Waals surface area (Å²) in [6, 6.07) is 11.1. The number of nitrogens with zero attached hydrogens (tertiary/aromatic N) is 1. The number of pyridine rings is 1. The lowest BCUT2D eigenvalue weighted by Gasteiger charge is -2.15. The number of methoxy groups -OCH3 is 1. The van der Waals surface area contributed by atoms with Crippen molar-refractivity contribution in [1.29, 1.82) is 0 Å². The summed E-state index contributed by atoms with van der Waals surface area (Å²) in [6.07, 6.45) is 3.44. The van der Waals surface area contributed by atoms with Crippen LogP contribution in [0.4, 0.5) is 0 Å². The van der Waals surface area contributed by atoms with E-state index in [1.165, 1.54) is 0 Å². The molecule has 0 saturated carbocycles. The summed E-state index contributed by atoms with van der Waals surface area (Å²) < 4.78 is 10.9. The van der Waals surface area contributed by atoms with Crippen molar-refractivity contribution < 1.29 is 9.47 Å². The molecule has 2 rings (SSSR count). The number of hydrogen-bond acceptors (Lipinski definition) is 4. The zero-order valence-electron chi connectivity index (χ0n) is 10.2. The standard InChI is InChI=1S/C14H16N2O2/c1-17-13-4-2-3-5-14(13)18-10-12(15)11-6-8-16-9-7-11/h2-9,12H,10,15H2,1H3. The quantitative estimate of drug-likeness (QED) is 0.875. The molecule has 2 N–H and O–H groups in total. The average molecular weight is 244 g/mol. The summed E-state index contributed by atoms with van der Waals surface area (Å²) in [7, 11) is 1.62. The maximum absolute atomic E-state index is 6.04. The van der Waals surface area contributed by atoms with Crippen molar-refractivity contribution in [2.45, 2.75) is 6.04 Å². The van der Waals surface area contributed by atoms with Gasteiger partial charge in [0.25, 0.3) is 0 Å². The number of aromatic nitrogens is 1. The highest BCUT2D eigenvalue weighted by molar-refractivity contribution is 5.39. The Bertz CT molecular complexity index is 488. The van der Waals surface area contributed by atoms with E-state index >= 15 is 0 Å². The summed E-state index contributed by atoms with van der Waals surface area (Å²) in [6.45, 7) is 0.393. The Hall–Kier alpha value is -2.07. The lowest BCUT2D eigenvalue weighted by Crippen LogP contribution is -2.19. The smallest absolute Gasteiger partial charge is 0.161 e. The van der Waals surface area contributed by atoms with Crippen LogP contribution in [0, 0.1) is 0 Å². The van der Waals surface area contributed by atoms with E-state index < -0.39 is 0 Å². The van der Waals surface area contributed by atoms with Crippen LogP contribution in [0.5, 0.6) is 11.5 Å². The van der Waals surface area contributed by atoms with Crippen molar-refractivity contribution in [2.24, 2.45) is 5.73 Å². The van der Waals surface area contributed by atoms with Gasteiger partial charge in [-0.2, -0.15) is 0 Å². The van der Waals surface area contributed by atoms with Crippen LogP contribution in [0.15, 0.2) is 48.8 Å². The number of nitrogens with two attached hydrogens (primary N) is 1. The van der Waals surface area contributed by atoms with Gasteiger partial charge in [-0.25, -0.2) is 0 Å². The first kappa shape index (κ1) is 12.4. The van der Waals surface area contributed by atoms with E-state index in [9.17, 15) is 0 Å². The summed E-state index contributed by atoms with van der Waals surface area (Å²) in [4.78, 5) is 3.96. The molecule has 1 heterocycles. The van der Waals surface area contributed by atoms with Gasteiger partial charge in [0.2, 0.25) is 0 Å². The van der Waals surface area contributed by atoms with E-state index in [4.69, 9.17) is 15.2 Å². The Morgan fingerprint density at radius 2 is 1.78 bits per heavy atom. The van der Waals surface area contributed by atoms with E-state index in [1.54, 1.807) is 19.5 Å². The van der Waals surface area contributed by atoms with Gasteiger partial charge in [-0.05, 0) is 29.8 Å². The maximum Gasteiger partial charge on any atom is 0.161 e. The molecule has 4 heteroatoms.